The number of hydrogen-bond acceptors (Lipinski definition) is 2. The van der Waals surface area contributed by atoms with Gasteiger partial charge in [-0.25, -0.2) is 0 Å². The number of aryl methyl sites for hydroxylation is 1. The molecule has 0 radical (unpaired) electrons. The lowest BCUT2D eigenvalue weighted by molar-refractivity contribution is 0.0682. The second-order valence-corrected chi connectivity index (χ2v) is 6.62. The Labute approximate surface area is 147 Å². The zero-order valence-corrected chi connectivity index (χ0v) is 15.4. The molecule has 2 aromatic carbocycles. The van der Waals surface area contributed by atoms with Gasteiger partial charge in [0.15, 0.2) is 0 Å². The van der Waals surface area contributed by atoms with Crippen molar-refractivity contribution in [3.05, 3.63) is 71.3 Å². The topological polar surface area (TPSA) is 12.5 Å². The second kappa shape index (κ2) is 10.3. The summed E-state index contributed by atoms with van der Waals surface area (Å²) in [6.45, 7) is 3.92. The third-order valence-electron chi connectivity index (χ3n) is 4.31. The molecule has 0 aliphatic carbocycles. The molecule has 1 unspecified atom stereocenters. The zero-order valence-electron chi connectivity index (χ0n) is 15.4. The first-order valence-corrected chi connectivity index (χ1v) is 9.11. The predicted octanol–water partition coefficient (Wildman–Crippen LogP) is 5.09. The molecule has 0 saturated carbocycles. The Morgan fingerprint density at radius 3 is 2.33 bits per heavy atom. The molecule has 2 aromatic rings. The predicted molar refractivity (Wildman–Crippen MR) is 102 cm³/mol. The van der Waals surface area contributed by atoms with E-state index in [0.29, 0.717) is 0 Å². The molecule has 0 aliphatic heterocycles. The number of nitrogens with zero attached hydrogens (tertiary/aromatic N) is 1. The van der Waals surface area contributed by atoms with Crippen LogP contribution in [0.1, 0.15) is 49.0 Å². The van der Waals surface area contributed by atoms with Gasteiger partial charge < -0.3 is 9.64 Å². The van der Waals surface area contributed by atoms with Gasteiger partial charge in [-0.15, -0.1) is 0 Å². The van der Waals surface area contributed by atoms with Crippen molar-refractivity contribution < 1.29 is 4.74 Å². The van der Waals surface area contributed by atoms with E-state index in [-0.39, 0.29) is 6.10 Å². The van der Waals surface area contributed by atoms with E-state index in [2.05, 4.69) is 80.5 Å². The fourth-order valence-corrected chi connectivity index (χ4v) is 2.93. The lowest BCUT2D eigenvalue weighted by atomic mass is 9.93. The van der Waals surface area contributed by atoms with Crippen LogP contribution >= 0.6 is 0 Å². The van der Waals surface area contributed by atoms with E-state index in [0.717, 1.165) is 19.6 Å². The molecule has 0 aromatic heterocycles. The highest BCUT2D eigenvalue weighted by Gasteiger charge is 2.17. The molecular weight excluding hydrogens is 294 g/mol. The Morgan fingerprint density at radius 2 is 1.62 bits per heavy atom. The number of benzene rings is 2. The van der Waals surface area contributed by atoms with Crippen LogP contribution in [0.2, 0.25) is 0 Å². The minimum atomic E-state index is 0.0176. The third kappa shape index (κ3) is 5.77. The molecule has 24 heavy (non-hydrogen) atoms. The average Bonchev–Trinajstić information content (AvgIpc) is 2.60. The lowest BCUT2D eigenvalue weighted by Crippen LogP contribution is -2.20. The van der Waals surface area contributed by atoms with E-state index in [1.54, 1.807) is 0 Å². The van der Waals surface area contributed by atoms with Crippen molar-refractivity contribution in [3.63, 3.8) is 0 Å². The van der Waals surface area contributed by atoms with Crippen molar-refractivity contribution in [2.24, 2.45) is 0 Å². The highest BCUT2D eigenvalue weighted by Crippen LogP contribution is 2.29. The zero-order chi connectivity index (χ0) is 17.2. The average molecular weight is 325 g/mol. The van der Waals surface area contributed by atoms with E-state index >= 15 is 0 Å². The Bertz CT molecular complexity index is 580. The highest BCUT2D eigenvalue weighted by atomic mass is 16.5. The van der Waals surface area contributed by atoms with Crippen LogP contribution < -0.4 is 0 Å². The summed E-state index contributed by atoms with van der Waals surface area (Å²) < 4.78 is 6.33. The van der Waals surface area contributed by atoms with Crippen LogP contribution in [0.4, 0.5) is 0 Å². The van der Waals surface area contributed by atoms with Crippen molar-refractivity contribution in [2.45, 2.75) is 38.7 Å². The molecule has 1 atom stereocenters. The summed E-state index contributed by atoms with van der Waals surface area (Å²) in [5.41, 5.74) is 3.97. The smallest absolute Gasteiger partial charge is 0.108 e. The summed E-state index contributed by atoms with van der Waals surface area (Å²) in [6.07, 6.45) is 4.93. The van der Waals surface area contributed by atoms with Gasteiger partial charge in [0.05, 0.1) is 6.61 Å². The molecule has 0 heterocycles. The van der Waals surface area contributed by atoms with E-state index in [1.165, 1.54) is 36.0 Å². The summed E-state index contributed by atoms with van der Waals surface area (Å²) in [5.74, 6) is 0. The van der Waals surface area contributed by atoms with E-state index in [9.17, 15) is 0 Å². The van der Waals surface area contributed by atoms with Gasteiger partial charge in [0.25, 0.3) is 0 Å². The molecule has 0 saturated heterocycles. The fraction of sp³-hybridized carbons (Fsp3) is 0.455. The lowest BCUT2D eigenvalue weighted by Gasteiger charge is -2.23. The van der Waals surface area contributed by atoms with Crippen LogP contribution in [-0.2, 0) is 11.2 Å². The molecule has 0 spiro atoms. The summed E-state index contributed by atoms with van der Waals surface area (Å²) >= 11 is 0. The van der Waals surface area contributed by atoms with Gasteiger partial charge in [0.2, 0.25) is 0 Å². The van der Waals surface area contributed by atoms with Crippen LogP contribution in [-0.4, -0.2) is 32.1 Å². The largest absolute Gasteiger partial charge is 0.367 e. The van der Waals surface area contributed by atoms with E-state index in [4.69, 9.17) is 4.74 Å². The van der Waals surface area contributed by atoms with Gasteiger partial charge in [-0.2, -0.15) is 0 Å². The minimum absolute atomic E-state index is 0.0176. The molecule has 2 heteroatoms. The van der Waals surface area contributed by atoms with Gasteiger partial charge in [-0.05, 0) is 43.6 Å². The molecular formula is C22H31NO. The minimum Gasteiger partial charge on any atom is -0.367 e. The molecule has 2 rings (SSSR count). The van der Waals surface area contributed by atoms with E-state index in [1.807, 2.05) is 0 Å². The fourth-order valence-electron chi connectivity index (χ4n) is 2.93. The van der Waals surface area contributed by atoms with Crippen LogP contribution in [0.5, 0.6) is 0 Å². The first-order valence-electron chi connectivity index (χ1n) is 9.11. The molecule has 0 amide bonds. The van der Waals surface area contributed by atoms with Crippen molar-refractivity contribution in [2.75, 3.05) is 27.2 Å². The van der Waals surface area contributed by atoms with Crippen molar-refractivity contribution >= 4 is 0 Å². The number of ether oxygens (including phenoxy) is 1. The molecule has 0 N–H and O–H groups in total. The van der Waals surface area contributed by atoms with Gasteiger partial charge in [0, 0.05) is 6.54 Å². The van der Waals surface area contributed by atoms with Crippen LogP contribution in [0.3, 0.4) is 0 Å². The van der Waals surface area contributed by atoms with Gasteiger partial charge >= 0.3 is 0 Å². The molecule has 2 nitrogen and oxygen atoms in total. The number of hydrogen-bond donors (Lipinski definition) is 0. The normalized spacial score (nSPS) is 12.5. The molecule has 0 aliphatic rings. The Hall–Kier alpha value is -1.64. The summed E-state index contributed by atoms with van der Waals surface area (Å²) in [5, 5.41) is 0. The maximum Gasteiger partial charge on any atom is 0.108 e. The molecule has 130 valence electrons. The summed E-state index contributed by atoms with van der Waals surface area (Å²) in [7, 11) is 4.17. The first-order chi connectivity index (χ1) is 11.7. The molecule has 0 bridgehead atoms. The van der Waals surface area contributed by atoms with Crippen LogP contribution in [0.15, 0.2) is 54.6 Å². The van der Waals surface area contributed by atoms with Gasteiger partial charge in [-0.3, -0.25) is 0 Å². The Kier molecular flexibility index (Phi) is 8.00. The van der Waals surface area contributed by atoms with Crippen LogP contribution in [0, 0.1) is 0 Å². The second-order valence-electron chi connectivity index (χ2n) is 6.62. The molecule has 0 fully saturated rings. The summed E-state index contributed by atoms with van der Waals surface area (Å²) in [6, 6.07) is 19.4. The standard InChI is InChI=1S/C22H31NO/c1-4-5-7-12-19-13-10-11-16-21(19)22(24-18-17-23(2)3)20-14-8-6-9-15-20/h6,8-11,13-16,22H,4-5,7,12,17-18H2,1-3H3. The maximum absolute atomic E-state index is 6.33. The first kappa shape index (κ1) is 18.7. The van der Waals surface area contributed by atoms with Gasteiger partial charge in [-0.1, -0.05) is 74.4 Å². The van der Waals surface area contributed by atoms with Crippen LogP contribution in [0.25, 0.3) is 0 Å². The quantitative estimate of drug-likeness (QED) is 0.564. The third-order valence-corrected chi connectivity index (χ3v) is 4.31. The summed E-state index contributed by atoms with van der Waals surface area (Å²) in [4.78, 5) is 2.16. The number of likely N-dealkylation sites (N-methyl/N-ethyl adjacent to an activating group) is 1. The van der Waals surface area contributed by atoms with Crippen molar-refractivity contribution in [3.8, 4) is 0 Å². The number of rotatable bonds is 10. The Balaban J connectivity index is 2.22. The Morgan fingerprint density at radius 1 is 0.917 bits per heavy atom. The van der Waals surface area contributed by atoms with Gasteiger partial charge in [0.1, 0.15) is 6.10 Å². The van der Waals surface area contributed by atoms with E-state index < -0.39 is 0 Å². The monoisotopic (exact) mass is 325 g/mol. The maximum atomic E-state index is 6.33. The SMILES string of the molecule is CCCCCc1ccccc1C(OCCN(C)C)c1ccccc1. The van der Waals surface area contributed by atoms with Crippen molar-refractivity contribution in [1.82, 2.24) is 4.90 Å². The highest BCUT2D eigenvalue weighted by molar-refractivity contribution is 5.36. The number of unbranched alkanes of at least 4 members (excludes halogenated alkanes) is 2. The van der Waals surface area contributed by atoms with Crippen molar-refractivity contribution in [1.29, 1.82) is 0 Å².